The van der Waals surface area contributed by atoms with Crippen molar-refractivity contribution >= 4 is 23.1 Å². The van der Waals surface area contributed by atoms with Crippen molar-refractivity contribution in [3.63, 3.8) is 0 Å². The van der Waals surface area contributed by atoms with Crippen molar-refractivity contribution in [3.8, 4) is 27.9 Å². The summed E-state index contributed by atoms with van der Waals surface area (Å²) in [5, 5.41) is 10.1. The molecule has 1 N–H and O–H groups in total. The van der Waals surface area contributed by atoms with Gasteiger partial charge in [0.25, 0.3) is 0 Å². The van der Waals surface area contributed by atoms with Crippen LogP contribution in [0.1, 0.15) is 16.8 Å². The molecule has 2 heterocycles. The summed E-state index contributed by atoms with van der Waals surface area (Å²) < 4.78 is 12.4. The molecule has 2 aromatic heterocycles. The van der Waals surface area contributed by atoms with E-state index in [0.29, 0.717) is 28.9 Å². The number of nitrogens with zero attached hydrogens (tertiary/aromatic N) is 3. The van der Waals surface area contributed by atoms with E-state index in [9.17, 15) is 4.79 Å². The fourth-order valence-corrected chi connectivity index (χ4v) is 4.21. The summed E-state index contributed by atoms with van der Waals surface area (Å²) in [7, 11) is 3.21. The quantitative estimate of drug-likeness (QED) is 0.439. The lowest BCUT2D eigenvalue weighted by Gasteiger charge is -2.08. The van der Waals surface area contributed by atoms with Gasteiger partial charge in [-0.05, 0) is 37.6 Å². The molecular formula is C24H24N4O3S. The van der Waals surface area contributed by atoms with E-state index < -0.39 is 0 Å². The van der Waals surface area contributed by atoms with Crippen LogP contribution in [-0.2, 0) is 11.2 Å². The summed E-state index contributed by atoms with van der Waals surface area (Å²) in [6, 6.07) is 15.4. The highest BCUT2D eigenvalue weighted by atomic mass is 32.1. The molecule has 8 heteroatoms. The summed E-state index contributed by atoms with van der Waals surface area (Å²) in [6.07, 6.45) is 0.292. The van der Waals surface area contributed by atoms with Gasteiger partial charge >= 0.3 is 0 Å². The molecule has 0 aliphatic rings. The van der Waals surface area contributed by atoms with Gasteiger partial charge in [-0.3, -0.25) is 4.79 Å². The number of benzene rings is 2. The van der Waals surface area contributed by atoms with Crippen molar-refractivity contribution in [2.24, 2.45) is 0 Å². The maximum atomic E-state index is 12.6. The smallest absolute Gasteiger partial charge is 0.229 e. The Bertz CT molecular complexity index is 1260. The van der Waals surface area contributed by atoms with Gasteiger partial charge < -0.3 is 14.8 Å². The second-order valence-corrected chi connectivity index (χ2v) is 8.22. The Morgan fingerprint density at radius 2 is 1.88 bits per heavy atom. The fourth-order valence-electron chi connectivity index (χ4n) is 3.42. The van der Waals surface area contributed by atoms with Crippen molar-refractivity contribution < 1.29 is 14.3 Å². The summed E-state index contributed by atoms with van der Waals surface area (Å²) >= 11 is 1.45. The van der Waals surface area contributed by atoms with Crippen LogP contribution in [0, 0.1) is 13.8 Å². The number of aromatic nitrogens is 3. The average Bonchev–Trinajstić information content (AvgIpc) is 3.39. The number of thiazole rings is 1. The largest absolute Gasteiger partial charge is 0.493 e. The van der Waals surface area contributed by atoms with E-state index >= 15 is 0 Å². The Morgan fingerprint density at radius 1 is 1.06 bits per heavy atom. The molecule has 0 saturated carbocycles. The SMILES string of the molecule is COc1ccc(-c2csc(-n3nc(C)cc3NC(=O)Cc3cccc(C)c3)n2)cc1OC. The molecule has 0 saturated heterocycles. The van der Waals surface area contributed by atoms with Gasteiger partial charge in [-0.15, -0.1) is 11.3 Å². The van der Waals surface area contributed by atoms with Gasteiger partial charge in [0, 0.05) is 17.0 Å². The van der Waals surface area contributed by atoms with Gasteiger partial charge in [-0.25, -0.2) is 4.98 Å². The van der Waals surface area contributed by atoms with Crippen LogP contribution in [0.2, 0.25) is 0 Å². The van der Waals surface area contributed by atoms with E-state index in [4.69, 9.17) is 14.5 Å². The monoisotopic (exact) mass is 448 g/mol. The zero-order valence-corrected chi connectivity index (χ0v) is 19.2. The number of hydrogen-bond donors (Lipinski definition) is 1. The number of ether oxygens (including phenoxy) is 2. The lowest BCUT2D eigenvalue weighted by molar-refractivity contribution is -0.115. The third kappa shape index (κ3) is 4.65. The van der Waals surface area contributed by atoms with Crippen molar-refractivity contribution in [1.82, 2.24) is 14.8 Å². The zero-order chi connectivity index (χ0) is 22.7. The van der Waals surface area contributed by atoms with Gasteiger partial charge in [0.2, 0.25) is 11.0 Å². The third-order valence-corrected chi connectivity index (χ3v) is 5.71. The van der Waals surface area contributed by atoms with Crippen LogP contribution in [0.3, 0.4) is 0 Å². The van der Waals surface area contributed by atoms with E-state index in [2.05, 4.69) is 10.4 Å². The van der Waals surface area contributed by atoms with Crippen LogP contribution in [0.25, 0.3) is 16.4 Å². The number of hydrogen-bond acceptors (Lipinski definition) is 6. The number of aryl methyl sites for hydroxylation is 2. The van der Waals surface area contributed by atoms with Crippen LogP contribution in [0.4, 0.5) is 5.82 Å². The molecule has 4 aromatic rings. The minimum absolute atomic E-state index is 0.103. The van der Waals surface area contributed by atoms with E-state index in [-0.39, 0.29) is 5.91 Å². The first-order valence-corrected chi connectivity index (χ1v) is 10.9. The minimum atomic E-state index is -0.103. The summed E-state index contributed by atoms with van der Waals surface area (Å²) in [5.41, 5.74) is 4.57. The minimum Gasteiger partial charge on any atom is -0.493 e. The predicted octanol–water partition coefficient (Wildman–Crippen LogP) is 4.81. The van der Waals surface area contributed by atoms with Gasteiger partial charge in [0.15, 0.2) is 11.5 Å². The highest BCUT2D eigenvalue weighted by Gasteiger charge is 2.16. The molecule has 0 bridgehead atoms. The Kier molecular flexibility index (Phi) is 6.23. The Labute approximate surface area is 190 Å². The van der Waals surface area contributed by atoms with Crippen LogP contribution in [-0.4, -0.2) is 34.9 Å². The number of amides is 1. The molecule has 0 unspecified atom stereocenters. The van der Waals surface area contributed by atoms with Crippen LogP contribution in [0.15, 0.2) is 53.9 Å². The molecule has 0 atom stereocenters. The first-order chi connectivity index (χ1) is 15.5. The number of nitrogens with one attached hydrogen (secondary N) is 1. The average molecular weight is 449 g/mol. The Hall–Kier alpha value is -3.65. The van der Waals surface area contributed by atoms with Gasteiger partial charge in [0.1, 0.15) is 5.82 Å². The predicted molar refractivity (Wildman–Crippen MR) is 126 cm³/mol. The van der Waals surface area contributed by atoms with Gasteiger partial charge in [-0.1, -0.05) is 29.8 Å². The second-order valence-electron chi connectivity index (χ2n) is 7.38. The van der Waals surface area contributed by atoms with E-state index in [0.717, 1.165) is 28.1 Å². The van der Waals surface area contributed by atoms with Crippen molar-refractivity contribution in [1.29, 1.82) is 0 Å². The van der Waals surface area contributed by atoms with Crippen LogP contribution < -0.4 is 14.8 Å². The lowest BCUT2D eigenvalue weighted by Crippen LogP contribution is -2.17. The second kappa shape index (κ2) is 9.23. The lowest BCUT2D eigenvalue weighted by atomic mass is 10.1. The van der Waals surface area contributed by atoms with Crippen LogP contribution >= 0.6 is 11.3 Å². The summed E-state index contributed by atoms with van der Waals surface area (Å²) in [4.78, 5) is 17.4. The number of rotatable bonds is 7. The molecule has 0 aliphatic heterocycles. The zero-order valence-electron chi connectivity index (χ0n) is 18.4. The van der Waals surface area contributed by atoms with Gasteiger partial charge in [-0.2, -0.15) is 9.78 Å². The topological polar surface area (TPSA) is 78.3 Å². The molecule has 32 heavy (non-hydrogen) atoms. The van der Waals surface area contributed by atoms with Gasteiger partial charge in [0.05, 0.1) is 32.0 Å². The normalized spacial score (nSPS) is 10.8. The molecule has 4 rings (SSSR count). The van der Waals surface area contributed by atoms with E-state index in [1.807, 2.05) is 67.8 Å². The summed E-state index contributed by atoms with van der Waals surface area (Å²) in [6.45, 7) is 3.90. The Balaban J connectivity index is 1.57. The molecular weight excluding hydrogens is 424 g/mol. The Morgan fingerprint density at radius 3 is 2.62 bits per heavy atom. The van der Waals surface area contributed by atoms with Crippen molar-refractivity contribution in [3.05, 3.63) is 70.7 Å². The molecule has 2 aromatic carbocycles. The van der Waals surface area contributed by atoms with E-state index in [1.54, 1.807) is 18.9 Å². The van der Waals surface area contributed by atoms with Crippen molar-refractivity contribution in [2.45, 2.75) is 20.3 Å². The highest BCUT2D eigenvalue weighted by molar-refractivity contribution is 7.12. The van der Waals surface area contributed by atoms with Crippen LogP contribution in [0.5, 0.6) is 11.5 Å². The maximum absolute atomic E-state index is 12.6. The number of anilines is 1. The number of carbonyl (C=O) groups is 1. The molecule has 164 valence electrons. The fraction of sp³-hybridized carbons (Fsp3) is 0.208. The summed E-state index contributed by atoms with van der Waals surface area (Å²) in [5.74, 6) is 1.79. The standard InChI is InChI=1S/C24H24N4O3S/c1-15-6-5-7-17(10-15)12-23(29)26-22-11-16(2)27-28(22)24-25-19(14-32-24)18-8-9-20(30-3)21(13-18)31-4/h5-11,13-14H,12H2,1-4H3,(H,26,29). The van der Waals surface area contributed by atoms with E-state index in [1.165, 1.54) is 11.3 Å². The molecule has 0 radical (unpaired) electrons. The molecule has 1 amide bonds. The first-order valence-electron chi connectivity index (χ1n) is 10.1. The first kappa shape index (κ1) is 21.6. The number of carbonyl (C=O) groups excluding carboxylic acids is 1. The molecule has 7 nitrogen and oxygen atoms in total. The third-order valence-electron chi connectivity index (χ3n) is 4.90. The molecule has 0 fully saturated rings. The molecule has 0 aliphatic carbocycles. The molecule has 0 spiro atoms. The number of methoxy groups -OCH3 is 2. The maximum Gasteiger partial charge on any atom is 0.229 e. The van der Waals surface area contributed by atoms with Crippen molar-refractivity contribution in [2.75, 3.05) is 19.5 Å². The highest BCUT2D eigenvalue weighted by Crippen LogP contribution is 2.33.